The molecular weight excluding hydrogens is 561 g/mol. The summed E-state index contributed by atoms with van der Waals surface area (Å²) in [5.41, 5.74) is 2.92. The summed E-state index contributed by atoms with van der Waals surface area (Å²) < 4.78 is 22.2. The molecule has 1 aromatic carbocycles. The summed E-state index contributed by atoms with van der Waals surface area (Å²) in [6.45, 7) is 7.68. The molecule has 0 unspecified atom stereocenters. The third kappa shape index (κ3) is 4.92. The van der Waals surface area contributed by atoms with E-state index in [9.17, 15) is 18.8 Å². The first-order valence-corrected chi connectivity index (χ1v) is 15.9. The van der Waals surface area contributed by atoms with E-state index >= 15 is 0 Å². The lowest BCUT2D eigenvalue weighted by molar-refractivity contribution is -0.134. The molecule has 10 heteroatoms. The molecule has 1 saturated carbocycles. The molecule has 1 aliphatic carbocycles. The SMILES string of the molecule is Cc1c(C(=O)C2CCN(C(=O)[C@H]3CCC4(CC4)N3)CC2)c2ccncc2n1-c1ccc(F)cc1C(=O)N1[C@H](C)COC[C@H]1C. The van der Waals surface area contributed by atoms with Crippen molar-refractivity contribution in [2.45, 2.75) is 83.0 Å². The molecule has 4 fully saturated rings. The number of amides is 2. The molecule has 0 radical (unpaired) electrons. The van der Waals surface area contributed by atoms with Crippen LogP contribution in [-0.2, 0) is 9.53 Å². The predicted octanol–water partition coefficient (Wildman–Crippen LogP) is 4.43. The van der Waals surface area contributed by atoms with Gasteiger partial charge in [0.25, 0.3) is 5.91 Å². The van der Waals surface area contributed by atoms with Crippen molar-refractivity contribution in [2.75, 3.05) is 26.3 Å². The summed E-state index contributed by atoms with van der Waals surface area (Å²) in [7, 11) is 0. The van der Waals surface area contributed by atoms with Gasteiger partial charge in [0, 0.05) is 47.4 Å². The van der Waals surface area contributed by atoms with Crippen LogP contribution >= 0.6 is 0 Å². The number of aromatic nitrogens is 2. The van der Waals surface area contributed by atoms with Crippen molar-refractivity contribution in [3.63, 3.8) is 0 Å². The third-order valence-electron chi connectivity index (χ3n) is 10.3. The Hall–Kier alpha value is -3.63. The number of ether oxygens (including phenoxy) is 1. The standard InChI is InChI=1S/C34H40FN5O4/c1-20-18-44-19-21(2)39(20)32(42)26-16-24(35)4-5-28(26)40-22(3)30(25-7-13-36-17-29(25)40)31(41)23-8-14-38(15-9-23)33(43)27-6-10-34(37-27)11-12-34/h4-5,7,13,16-17,20-21,23,27,37H,6,8-12,14-15,18-19H2,1-3H3/t20-,21-,27-/m1/s1. The topological polar surface area (TPSA) is 96.8 Å². The fraction of sp³-hybridized carbons (Fsp3) is 0.529. The van der Waals surface area contributed by atoms with Crippen LogP contribution in [0.2, 0.25) is 0 Å². The van der Waals surface area contributed by atoms with Crippen LogP contribution in [0, 0.1) is 18.7 Å². The van der Waals surface area contributed by atoms with Crippen LogP contribution < -0.4 is 5.32 Å². The third-order valence-corrected chi connectivity index (χ3v) is 10.3. The molecule has 3 saturated heterocycles. The van der Waals surface area contributed by atoms with Crippen LogP contribution in [0.3, 0.4) is 0 Å². The summed E-state index contributed by atoms with van der Waals surface area (Å²) in [5, 5.41) is 4.31. The molecule has 0 bridgehead atoms. The van der Waals surface area contributed by atoms with E-state index < -0.39 is 5.82 Å². The second kappa shape index (κ2) is 11.1. The average molecular weight is 602 g/mol. The van der Waals surface area contributed by atoms with Gasteiger partial charge < -0.3 is 24.4 Å². The second-order valence-electron chi connectivity index (χ2n) is 13.3. The van der Waals surface area contributed by atoms with E-state index in [-0.39, 0.29) is 52.7 Å². The Labute approximate surface area is 256 Å². The zero-order chi connectivity index (χ0) is 30.7. The Balaban J connectivity index is 1.18. The largest absolute Gasteiger partial charge is 0.377 e. The number of piperidine rings is 1. The van der Waals surface area contributed by atoms with Crippen molar-refractivity contribution in [1.29, 1.82) is 0 Å². The van der Waals surface area contributed by atoms with Crippen molar-refractivity contribution < 1.29 is 23.5 Å². The van der Waals surface area contributed by atoms with Crippen LogP contribution in [0.15, 0.2) is 36.7 Å². The number of pyridine rings is 1. The molecule has 2 amide bonds. The lowest BCUT2D eigenvalue weighted by Crippen LogP contribution is -2.52. The van der Waals surface area contributed by atoms with Gasteiger partial charge >= 0.3 is 0 Å². The number of fused-ring (bicyclic) bond motifs is 1. The molecule has 3 aromatic rings. The first-order chi connectivity index (χ1) is 21.2. The summed E-state index contributed by atoms with van der Waals surface area (Å²) in [6, 6.07) is 5.64. The van der Waals surface area contributed by atoms with Gasteiger partial charge in [0.05, 0.1) is 54.3 Å². The van der Waals surface area contributed by atoms with E-state index in [1.165, 1.54) is 12.1 Å². The van der Waals surface area contributed by atoms with Gasteiger partial charge in [-0.2, -0.15) is 0 Å². The summed E-state index contributed by atoms with van der Waals surface area (Å²) >= 11 is 0. The second-order valence-corrected chi connectivity index (χ2v) is 13.3. The van der Waals surface area contributed by atoms with Gasteiger partial charge in [0.2, 0.25) is 5.91 Å². The van der Waals surface area contributed by atoms with Crippen LogP contribution in [0.5, 0.6) is 0 Å². The minimum Gasteiger partial charge on any atom is -0.377 e. The minimum atomic E-state index is -0.504. The molecule has 1 spiro atoms. The lowest BCUT2D eigenvalue weighted by Gasteiger charge is -2.39. The summed E-state index contributed by atoms with van der Waals surface area (Å²) in [4.78, 5) is 49.5. The Morgan fingerprint density at radius 1 is 1.02 bits per heavy atom. The van der Waals surface area contributed by atoms with Gasteiger partial charge in [-0.3, -0.25) is 19.4 Å². The van der Waals surface area contributed by atoms with Crippen molar-refractivity contribution >= 4 is 28.5 Å². The molecular formula is C34H40FN5O4. The Bertz CT molecular complexity index is 1630. The van der Waals surface area contributed by atoms with Crippen LogP contribution in [0.25, 0.3) is 16.6 Å². The molecule has 3 aliphatic heterocycles. The Morgan fingerprint density at radius 3 is 2.43 bits per heavy atom. The van der Waals surface area contributed by atoms with E-state index in [1.54, 1.807) is 23.4 Å². The van der Waals surface area contributed by atoms with Crippen LogP contribution in [0.1, 0.15) is 78.8 Å². The van der Waals surface area contributed by atoms with E-state index in [0.717, 1.165) is 31.1 Å². The van der Waals surface area contributed by atoms with Crippen LogP contribution in [-0.4, -0.2) is 86.9 Å². The number of carbonyl (C=O) groups excluding carboxylic acids is 3. The number of likely N-dealkylation sites (tertiary alicyclic amines) is 1. The van der Waals surface area contributed by atoms with E-state index in [0.29, 0.717) is 61.6 Å². The number of ketones is 1. The summed E-state index contributed by atoms with van der Waals surface area (Å²) in [6.07, 6.45) is 8.85. The highest BCUT2D eigenvalue weighted by Gasteiger charge is 2.50. The van der Waals surface area contributed by atoms with Crippen LogP contribution in [0.4, 0.5) is 4.39 Å². The highest BCUT2D eigenvalue weighted by atomic mass is 19.1. The zero-order valence-corrected chi connectivity index (χ0v) is 25.6. The number of nitrogens with one attached hydrogen (secondary N) is 1. The number of benzene rings is 1. The maximum Gasteiger partial charge on any atom is 0.256 e. The Morgan fingerprint density at radius 2 is 1.75 bits per heavy atom. The molecule has 2 aromatic heterocycles. The van der Waals surface area contributed by atoms with Gasteiger partial charge in [0.15, 0.2) is 5.78 Å². The molecule has 9 nitrogen and oxygen atoms in total. The van der Waals surface area contributed by atoms with Crippen molar-refractivity contribution in [1.82, 2.24) is 24.7 Å². The molecule has 5 heterocycles. The van der Waals surface area contributed by atoms with Gasteiger partial charge in [-0.25, -0.2) is 4.39 Å². The maximum absolute atomic E-state index is 14.7. The van der Waals surface area contributed by atoms with Gasteiger partial charge in [-0.1, -0.05) is 0 Å². The quantitative estimate of drug-likeness (QED) is 0.435. The average Bonchev–Trinajstić information content (AvgIpc) is 3.54. The number of carbonyl (C=O) groups is 3. The van der Waals surface area contributed by atoms with Gasteiger partial charge in [0.1, 0.15) is 5.82 Å². The van der Waals surface area contributed by atoms with Gasteiger partial charge in [-0.05, 0) is 83.6 Å². The van der Waals surface area contributed by atoms with Crippen molar-refractivity contribution in [2.24, 2.45) is 5.92 Å². The molecule has 4 aliphatic rings. The first kappa shape index (κ1) is 29.1. The molecule has 232 valence electrons. The van der Waals surface area contributed by atoms with E-state index in [2.05, 4.69) is 10.3 Å². The number of hydrogen-bond acceptors (Lipinski definition) is 6. The fourth-order valence-corrected chi connectivity index (χ4v) is 7.75. The number of morpholine rings is 1. The maximum atomic E-state index is 14.7. The van der Waals surface area contributed by atoms with E-state index in [4.69, 9.17) is 4.74 Å². The normalized spacial score (nSPS) is 25.1. The molecule has 1 N–H and O–H groups in total. The van der Waals surface area contributed by atoms with Crippen molar-refractivity contribution in [3.8, 4) is 5.69 Å². The smallest absolute Gasteiger partial charge is 0.256 e. The molecule has 7 rings (SSSR count). The minimum absolute atomic E-state index is 0.0332. The zero-order valence-electron chi connectivity index (χ0n) is 25.6. The Kier molecular flexibility index (Phi) is 7.32. The van der Waals surface area contributed by atoms with E-state index in [1.807, 2.05) is 36.3 Å². The predicted molar refractivity (Wildman–Crippen MR) is 163 cm³/mol. The van der Waals surface area contributed by atoms with Crippen molar-refractivity contribution in [3.05, 3.63) is 59.3 Å². The number of nitrogens with zero attached hydrogens (tertiary/aromatic N) is 4. The highest BCUT2D eigenvalue weighted by molar-refractivity contribution is 6.11. The number of hydrogen-bond donors (Lipinski definition) is 1. The molecule has 44 heavy (non-hydrogen) atoms. The highest BCUT2D eigenvalue weighted by Crippen LogP contribution is 2.45. The first-order valence-electron chi connectivity index (χ1n) is 15.9. The number of rotatable bonds is 5. The number of halogens is 1. The van der Waals surface area contributed by atoms with Gasteiger partial charge in [-0.15, -0.1) is 0 Å². The monoisotopic (exact) mass is 601 g/mol. The number of Topliss-reactive ketones (excluding diaryl/α,β-unsaturated/α-hetero) is 1. The molecule has 3 atom stereocenters. The summed E-state index contributed by atoms with van der Waals surface area (Å²) in [5.74, 6) is -0.805. The fourth-order valence-electron chi connectivity index (χ4n) is 7.75. The lowest BCUT2D eigenvalue weighted by atomic mass is 9.87.